The van der Waals surface area contributed by atoms with Crippen molar-refractivity contribution in [3.63, 3.8) is 0 Å². The fourth-order valence-electron chi connectivity index (χ4n) is 3.79. The van der Waals surface area contributed by atoms with Crippen LogP contribution in [-0.4, -0.2) is 59.6 Å². The van der Waals surface area contributed by atoms with E-state index < -0.39 is 0 Å². The van der Waals surface area contributed by atoms with Crippen LogP contribution in [0, 0.1) is 6.92 Å². The van der Waals surface area contributed by atoms with Crippen LogP contribution in [0.5, 0.6) is 11.5 Å². The Morgan fingerprint density at radius 1 is 1.13 bits per heavy atom. The van der Waals surface area contributed by atoms with Gasteiger partial charge in [0.15, 0.2) is 5.76 Å². The van der Waals surface area contributed by atoms with Gasteiger partial charge < -0.3 is 19.5 Å². The fraction of sp³-hybridized carbons (Fsp3) is 0.333. The van der Waals surface area contributed by atoms with Crippen molar-refractivity contribution < 1.29 is 24.2 Å². The number of phenolic OH excluding ortho intramolecular Hbond substituents is 1. The van der Waals surface area contributed by atoms with Gasteiger partial charge in [-0.1, -0.05) is 29.8 Å². The molecule has 0 aromatic heterocycles. The van der Waals surface area contributed by atoms with Gasteiger partial charge >= 0.3 is 6.09 Å². The van der Waals surface area contributed by atoms with E-state index in [1.807, 2.05) is 31.2 Å². The standard InChI is InChI=1S/C24H26N2O5/c1-3-30-24(29)26-12-10-25(11-13-26)15-19-20(27)9-8-18-22(28)21(31-23(18)19)14-17-6-4-16(2)5-7-17/h4-9,14,27H,3,10-13,15H2,1-2H3/b21-14-. The van der Waals surface area contributed by atoms with Crippen molar-refractivity contribution in [2.75, 3.05) is 32.8 Å². The Morgan fingerprint density at radius 3 is 2.52 bits per heavy atom. The molecule has 2 aliphatic heterocycles. The number of ketones is 1. The summed E-state index contributed by atoms with van der Waals surface area (Å²) in [7, 11) is 0. The van der Waals surface area contributed by atoms with Gasteiger partial charge in [-0.3, -0.25) is 9.69 Å². The number of piperazine rings is 1. The number of hydrogen-bond donors (Lipinski definition) is 1. The van der Waals surface area contributed by atoms with Crippen LogP contribution in [-0.2, 0) is 11.3 Å². The first-order valence-electron chi connectivity index (χ1n) is 10.5. The third-order valence-electron chi connectivity index (χ3n) is 5.57. The van der Waals surface area contributed by atoms with Crippen LogP contribution in [0.25, 0.3) is 6.08 Å². The molecule has 1 N–H and O–H groups in total. The molecule has 2 aliphatic rings. The van der Waals surface area contributed by atoms with Crippen molar-refractivity contribution in [3.05, 3.63) is 64.4 Å². The number of benzene rings is 2. The largest absolute Gasteiger partial charge is 0.507 e. The Bertz CT molecular complexity index is 1020. The van der Waals surface area contributed by atoms with Crippen molar-refractivity contribution in [1.29, 1.82) is 0 Å². The summed E-state index contributed by atoms with van der Waals surface area (Å²) in [5.74, 6) is 0.564. The molecular weight excluding hydrogens is 396 g/mol. The molecule has 162 valence electrons. The Balaban J connectivity index is 1.50. The molecular formula is C24H26N2O5. The van der Waals surface area contributed by atoms with Crippen LogP contribution in [0.4, 0.5) is 4.79 Å². The highest BCUT2D eigenvalue weighted by atomic mass is 16.6. The highest BCUT2D eigenvalue weighted by molar-refractivity contribution is 6.15. The van der Waals surface area contributed by atoms with E-state index in [1.54, 1.807) is 30.0 Å². The minimum atomic E-state index is -0.301. The van der Waals surface area contributed by atoms with Gasteiger partial charge in [-0.05, 0) is 37.6 Å². The lowest BCUT2D eigenvalue weighted by molar-refractivity contribution is 0.0774. The molecule has 2 heterocycles. The van der Waals surface area contributed by atoms with Crippen LogP contribution in [0.15, 0.2) is 42.2 Å². The summed E-state index contributed by atoms with van der Waals surface area (Å²) in [6.45, 7) is 6.95. The Kier molecular flexibility index (Phi) is 5.95. The van der Waals surface area contributed by atoms with Crippen LogP contribution in [0.1, 0.15) is 34.0 Å². The number of aromatic hydroxyl groups is 1. The topological polar surface area (TPSA) is 79.3 Å². The zero-order chi connectivity index (χ0) is 22.0. The van der Waals surface area contributed by atoms with Gasteiger partial charge in [0.05, 0.1) is 17.7 Å². The molecule has 31 heavy (non-hydrogen) atoms. The minimum Gasteiger partial charge on any atom is -0.507 e. The smallest absolute Gasteiger partial charge is 0.409 e. The molecule has 0 radical (unpaired) electrons. The lowest BCUT2D eigenvalue weighted by Crippen LogP contribution is -2.48. The van der Waals surface area contributed by atoms with Gasteiger partial charge in [-0.15, -0.1) is 0 Å². The Hall–Kier alpha value is -3.32. The Labute approximate surface area is 181 Å². The molecule has 7 heteroatoms. The lowest BCUT2D eigenvalue weighted by Gasteiger charge is -2.34. The summed E-state index contributed by atoms with van der Waals surface area (Å²) in [6, 6.07) is 11.0. The van der Waals surface area contributed by atoms with Crippen molar-refractivity contribution in [1.82, 2.24) is 9.80 Å². The number of rotatable bonds is 4. The van der Waals surface area contributed by atoms with Gasteiger partial charge in [0.25, 0.3) is 0 Å². The molecule has 2 aromatic rings. The lowest BCUT2D eigenvalue weighted by atomic mass is 10.0. The zero-order valence-corrected chi connectivity index (χ0v) is 17.8. The molecule has 0 saturated carbocycles. The molecule has 0 spiro atoms. The van der Waals surface area contributed by atoms with E-state index in [0.29, 0.717) is 56.2 Å². The molecule has 0 aliphatic carbocycles. The number of amides is 1. The highest BCUT2D eigenvalue weighted by Crippen LogP contribution is 2.40. The number of hydrogen-bond acceptors (Lipinski definition) is 6. The van der Waals surface area contributed by atoms with E-state index in [2.05, 4.69) is 4.90 Å². The molecule has 1 saturated heterocycles. The molecule has 0 unspecified atom stereocenters. The summed E-state index contributed by atoms with van der Waals surface area (Å²) in [6.07, 6.45) is 1.42. The maximum Gasteiger partial charge on any atom is 0.409 e. The number of Topliss-reactive ketones (excluding diaryl/α,β-unsaturated/α-hetero) is 1. The second-order valence-electron chi connectivity index (χ2n) is 7.75. The first kappa shape index (κ1) is 20.9. The summed E-state index contributed by atoms with van der Waals surface area (Å²) < 4.78 is 11.0. The zero-order valence-electron chi connectivity index (χ0n) is 17.8. The molecule has 1 fully saturated rings. The number of ether oxygens (including phenoxy) is 2. The molecule has 0 bridgehead atoms. The van der Waals surface area contributed by atoms with E-state index in [9.17, 15) is 14.7 Å². The van der Waals surface area contributed by atoms with Crippen molar-refractivity contribution in [2.45, 2.75) is 20.4 Å². The van der Waals surface area contributed by atoms with Crippen LogP contribution in [0.3, 0.4) is 0 Å². The van der Waals surface area contributed by atoms with Gasteiger partial charge in [0.1, 0.15) is 11.5 Å². The van der Waals surface area contributed by atoms with Crippen LogP contribution in [0.2, 0.25) is 0 Å². The normalized spacial score (nSPS) is 17.5. The average molecular weight is 422 g/mol. The molecule has 0 atom stereocenters. The van der Waals surface area contributed by atoms with Crippen molar-refractivity contribution >= 4 is 18.0 Å². The molecule has 1 amide bonds. The van der Waals surface area contributed by atoms with E-state index in [-0.39, 0.29) is 23.4 Å². The number of carbonyl (C=O) groups is 2. The van der Waals surface area contributed by atoms with Crippen molar-refractivity contribution in [3.8, 4) is 11.5 Å². The number of phenols is 1. The number of allylic oxidation sites excluding steroid dienone is 1. The average Bonchev–Trinajstić information content (AvgIpc) is 3.08. The van der Waals surface area contributed by atoms with Crippen LogP contribution < -0.4 is 4.74 Å². The van der Waals surface area contributed by atoms with E-state index in [0.717, 1.165) is 11.1 Å². The monoisotopic (exact) mass is 422 g/mol. The maximum atomic E-state index is 12.9. The number of fused-ring (bicyclic) bond motifs is 1. The fourth-order valence-corrected chi connectivity index (χ4v) is 3.79. The highest BCUT2D eigenvalue weighted by Gasteiger charge is 2.32. The SMILES string of the molecule is CCOC(=O)N1CCN(Cc2c(O)ccc3c2O/C(=C\c2ccc(C)cc2)C3=O)CC1. The summed E-state index contributed by atoms with van der Waals surface area (Å²) in [5, 5.41) is 10.5. The van der Waals surface area contributed by atoms with E-state index >= 15 is 0 Å². The number of aryl methyl sites for hydroxylation is 1. The maximum absolute atomic E-state index is 12.9. The number of nitrogens with zero attached hydrogens (tertiary/aromatic N) is 2. The summed E-state index contributed by atoms with van der Waals surface area (Å²) >= 11 is 0. The van der Waals surface area contributed by atoms with Crippen molar-refractivity contribution in [2.24, 2.45) is 0 Å². The molecule has 7 nitrogen and oxygen atoms in total. The second kappa shape index (κ2) is 8.81. The Morgan fingerprint density at radius 2 is 1.84 bits per heavy atom. The minimum absolute atomic E-state index is 0.0935. The summed E-state index contributed by atoms with van der Waals surface area (Å²) in [4.78, 5) is 28.6. The van der Waals surface area contributed by atoms with Crippen LogP contribution >= 0.6 is 0 Å². The third kappa shape index (κ3) is 4.41. The predicted molar refractivity (Wildman–Crippen MR) is 116 cm³/mol. The molecule has 4 rings (SSSR count). The number of carbonyl (C=O) groups excluding carboxylic acids is 2. The second-order valence-corrected chi connectivity index (χ2v) is 7.75. The predicted octanol–water partition coefficient (Wildman–Crippen LogP) is 3.59. The van der Waals surface area contributed by atoms with Gasteiger partial charge in [-0.2, -0.15) is 0 Å². The van der Waals surface area contributed by atoms with E-state index in [1.165, 1.54) is 0 Å². The first-order chi connectivity index (χ1) is 15.0. The molecule has 2 aromatic carbocycles. The van der Waals surface area contributed by atoms with Gasteiger partial charge in [0, 0.05) is 32.7 Å². The van der Waals surface area contributed by atoms with E-state index in [4.69, 9.17) is 9.47 Å². The van der Waals surface area contributed by atoms with Gasteiger partial charge in [0.2, 0.25) is 5.78 Å². The first-order valence-corrected chi connectivity index (χ1v) is 10.5. The quantitative estimate of drug-likeness (QED) is 0.759. The third-order valence-corrected chi connectivity index (χ3v) is 5.57. The van der Waals surface area contributed by atoms with Gasteiger partial charge in [-0.25, -0.2) is 4.79 Å². The summed E-state index contributed by atoms with van der Waals surface area (Å²) in [5.41, 5.74) is 3.06.